The van der Waals surface area contributed by atoms with E-state index in [0.29, 0.717) is 6.54 Å². The van der Waals surface area contributed by atoms with Crippen molar-refractivity contribution in [1.29, 1.82) is 0 Å². The minimum Gasteiger partial charge on any atom is -0.381 e. The molecule has 0 radical (unpaired) electrons. The number of aromatic nitrogens is 2. The minimum absolute atomic E-state index is 0.196. The van der Waals surface area contributed by atoms with Crippen LogP contribution in [0.25, 0.3) is 0 Å². The van der Waals surface area contributed by atoms with Crippen molar-refractivity contribution in [3.8, 4) is 0 Å². The zero-order valence-electron chi connectivity index (χ0n) is 14.6. The number of halogens is 1. The largest absolute Gasteiger partial charge is 0.381 e. The molecular weight excluding hydrogens is 317 g/mol. The predicted octanol–water partition coefficient (Wildman–Crippen LogP) is 3.32. The zero-order valence-corrected chi connectivity index (χ0v) is 14.6. The van der Waals surface area contributed by atoms with E-state index >= 15 is 0 Å². The molecule has 2 fully saturated rings. The van der Waals surface area contributed by atoms with Gasteiger partial charge in [-0.25, -0.2) is 4.39 Å². The molecule has 0 amide bonds. The average molecular weight is 343 g/mol. The van der Waals surface area contributed by atoms with E-state index in [1.165, 1.54) is 50.0 Å². The maximum Gasteiger partial charge on any atom is 0.123 e. The molecule has 2 aliphatic rings. The Kier molecular flexibility index (Phi) is 5.13. The second-order valence-corrected chi connectivity index (χ2v) is 7.41. The van der Waals surface area contributed by atoms with Gasteiger partial charge in [0.1, 0.15) is 5.82 Å². The lowest BCUT2D eigenvalue weighted by Gasteiger charge is -2.27. The Bertz CT molecular complexity index is 679. The zero-order chi connectivity index (χ0) is 17.1. The van der Waals surface area contributed by atoms with Gasteiger partial charge in [-0.05, 0) is 55.3 Å². The lowest BCUT2D eigenvalue weighted by molar-refractivity contribution is 0.0477. The van der Waals surface area contributed by atoms with Gasteiger partial charge in [0.05, 0.1) is 12.7 Å². The Balaban J connectivity index is 1.30. The smallest absolute Gasteiger partial charge is 0.123 e. The van der Waals surface area contributed by atoms with Crippen molar-refractivity contribution in [3.05, 3.63) is 53.6 Å². The van der Waals surface area contributed by atoms with Gasteiger partial charge in [0.25, 0.3) is 0 Å². The van der Waals surface area contributed by atoms with Gasteiger partial charge in [-0.3, -0.25) is 9.58 Å². The molecule has 1 aromatic heterocycles. The quantitative estimate of drug-likeness (QED) is 0.834. The van der Waals surface area contributed by atoms with E-state index in [1.807, 2.05) is 23.0 Å². The highest BCUT2D eigenvalue weighted by atomic mass is 19.1. The summed E-state index contributed by atoms with van der Waals surface area (Å²) in [5, 5.41) is 4.46. The van der Waals surface area contributed by atoms with Crippen LogP contribution in [0.15, 0.2) is 36.7 Å². The summed E-state index contributed by atoms with van der Waals surface area (Å²) in [6, 6.07) is 6.63. The van der Waals surface area contributed by atoms with Crippen LogP contribution >= 0.6 is 0 Å². The molecule has 0 N–H and O–H groups in total. The van der Waals surface area contributed by atoms with Gasteiger partial charge >= 0.3 is 0 Å². The van der Waals surface area contributed by atoms with E-state index in [-0.39, 0.29) is 5.82 Å². The molecule has 3 heterocycles. The first-order valence-corrected chi connectivity index (χ1v) is 9.32. The van der Waals surface area contributed by atoms with Crippen molar-refractivity contribution in [2.24, 2.45) is 11.8 Å². The van der Waals surface area contributed by atoms with Gasteiger partial charge in [0.15, 0.2) is 0 Å². The number of rotatable bonds is 5. The van der Waals surface area contributed by atoms with Crippen LogP contribution in [0.1, 0.15) is 30.4 Å². The molecule has 1 atom stereocenters. The van der Waals surface area contributed by atoms with E-state index in [0.717, 1.165) is 37.2 Å². The SMILES string of the molecule is Fc1ccc(Cn2cc(CN3CC[C@H](C4CCOCC4)C3)cn2)cc1. The molecule has 25 heavy (non-hydrogen) atoms. The van der Waals surface area contributed by atoms with Crippen LogP contribution in [0, 0.1) is 17.7 Å². The maximum atomic E-state index is 13.0. The molecule has 2 saturated heterocycles. The first kappa shape index (κ1) is 16.7. The third kappa shape index (κ3) is 4.28. The molecule has 2 aliphatic heterocycles. The predicted molar refractivity (Wildman–Crippen MR) is 94.7 cm³/mol. The summed E-state index contributed by atoms with van der Waals surface area (Å²) in [7, 11) is 0. The second kappa shape index (κ2) is 7.67. The normalized spacial score (nSPS) is 22.5. The molecule has 4 nitrogen and oxygen atoms in total. The molecule has 2 aromatic rings. The Labute approximate surface area is 148 Å². The van der Waals surface area contributed by atoms with Crippen molar-refractivity contribution >= 4 is 0 Å². The number of nitrogens with zero attached hydrogens (tertiary/aromatic N) is 3. The number of benzene rings is 1. The van der Waals surface area contributed by atoms with Crippen molar-refractivity contribution in [3.63, 3.8) is 0 Å². The first-order chi connectivity index (χ1) is 12.3. The second-order valence-electron chi connectivity index (χ2n) is 7.41. The minimum atomic E-state index is -0.196. The third-order valence-electron chi connectivity index (χ3n) is 5.59. The Hall–Kier alpha value is -1.72. The maximum absolute atomic E-state index is 13.0. The molecule has 4 rings (SSSR count). The van der Waals surface area contributed by atoms with Crippen LogP contribution < -0.4 is 0 Å². The van der Waals surface area contributed by atoms with Crippen LogP contribution in [0.4, 0.5) is 4.39 Å². The molecule has 0 bridgehead atoms. The average Bonchev–Trinajstić information content (AvgIpc) is 3.28. The highest BCUT2D eigenvalue weighted by molar-refractivity contribution is 5.17. The van der Waals surface area contributed by atoms with Crippen LogP contribution in [-0.4, -0.2) is 41.0 Å². The number of hydrogen-bond acceptors (Lipinski definition) is 3. The molecule has 134 valence electrons. The lowest BCUT2D eigenvalue weighted by Crippen LogP contribution is -2.26. The van der Waals surface area contributed by atoms with Crippen LogP contribution in [0.5, 0.6) is 0 Å². The lowest BCUT2D eigenvalue weighted by atomic mass is 9.85. The highest BCUT2D eigenvalue weighted by Gasteiger charge is 2.30. The molecule has 5 heteroatoms. The summed E-state index contributed by atoms with van der Waals surface area (Å²) in [5.74, 6) is 1.48. The van der Waals surface area contributed by atoms with Crippen LogP contribution in [0.3, 0.4) is 0 Å². The number of hydrogen-bond donors (Lipinski definition) is 0. The molecule has 0 saturated carbocycles. The van der Waals surface area contributed by atoms with Gasteiger partial charge in [-0.2, -0.15) is 5.10 Å². The van der Waals surface area contributed by atoms with Crippen molar-refractivity contribution in [1.82, 2.24) is 14.7 Å². The summed E-state index contributed by atoms with van der Waals surface area (Å²) < 4.78 is 20.4. The van der Waals surface area contributed by atoms with Crippen molar-refractivity contribution in [2.75, 3.05) is 26.3 Å². The number of likely N-dealkylation sites (tertiary alicyclic amines) is 1. The molecule has 0 aliphatic carbocycles. The van der Waals surface area contributed by atoms with E-state index in [9.17, 15) is 4.39 Å². The van der Waals surface area contributed by atoms with Gasteiger partial charge in [-0.15, -0.1) is 0 Å². The standard InChI is InChI=1S/C20H26FN3O/c21-20-3-1-16(2-4-20)13-24-14-17(11-22-24)12-23-8-5-19(15-23)18-6-9-25-10-7-18/h1-4,11,14,18-19H,5-10,12-13,15H2/t19-/m0/s1. The van der Waals surface area contributed by atoms with E-state index in [1.54, 1.807) is 0 Å². The van der Waals surface area contributed by atoms with E-state index in [4.69, 9.17) is 4.74 Å². The topological polar surface area (TPSA) is 30.3 Å². The highest BCUT2D eigenvalue weighted by Crippen LogP contribution is 2.31. The summed E-state index contributed by atoms with van der Waals surface area (Å²) in [4.78, 5) is 2.55. The molecule has 0 unspecified atom stereocenters. The van der Waals surface area contributed by atoms with Crippen molar-refractivity contribution < 1.29 is 9.13 Å². The van der Waals surface area contributed by atoms with E-state index < -0.39 is 0 Å². The molecule has 0 spiro atoms. The summed E-state index contributed by atoms with van der Waals surface area (Å²) in [6.45, 7) is 5.93. The molecular formula is C20H26FN3O. The molecule has 1 aromatic carbocycles. The Morgan fingerprint density at radius 2 is 1.80 bits per heavy atom. The Morgan fingerprint density at radius 3 is 2.60 bits per heavy atom. The van der Waals surface area contributed by atoms with Crippen LogP contribution in [0.2, 0.25) is 0 Å². The fourth-order valence-electron chi connectivity index (χ4n) is 4.19. The fraction of sp³-hybridized carbons (Fsp3) is 0.550. The first-order valence-electron chi connectivity index (χ1n) is 9.32. The summed E-state index contributed by atoms with van der Waals surface area (Å²) >= 11 is 0. The van der Waals surface area contributed by atoms with Gasteiger partial charge < -0.3 is 4.74 Å². The third-order valence-corrected chi connectivity index (χ3v) is 5.59. The van der Waals surface area contributed by atoms with Gasteiger partial charge in [0.2, 0.25) is 0 Å². The van der Waals surface area contributed by atoms with Crippen molar-refractivity contribution in [2.45, 2.75) is 32.4 Å². The van der Waals surface area contributed by atoms with E-state index in [2.05, 4.69) is 16.2 Å². The fourth-order valence-corrected chi connectivity index (χ4v) is 4.19. The summed E-state index contributed by atoms with van der Waals surface area (Å²) in [5.41, 5.74) is 2.33. The number of ether oxygens (including phenoxy) is 1. The van der Waals surface area contributed by atoms with Crippen LogP contribution in [-0.2, 0) is 17.8 Å². The van der Waals surface area contributed by atoms with Gasteiger partial charge in [0, 0.05) is 38.1 Å². The monoisotopic (exact) mass is 343 g/mol. The van der Waals surface area contributed by atoms with Gasteiger partial charge in [-0.1, -0.05) is 12.1 Å². The Morgan fingerprint density at radius 1 is 1.00 bits per heavy atom. The summed E-state index contributed by atoms with van der Waals surface area (Å²) in [6.07, 6.45) is 7.85.